The first-order chi connectivity index (χ1) is 12.5. The Morgan fingerprint density at radius 2 is 1.77 bits per heavy atom. The molecule has 26 heavy (non-hydrogen) atoms. The third-order valence-electron chi connectivity index (χ3n) is 3.89. The van der Waals surface area contributed by atoms with Crippen molar-refractivity contribution in [1.29, 1.82) is 0 Å². The van der Waals surface area contributed by atoms with Gasteiger partial charge in [0.2, 0.25) is 11.8 Å². The smallest absolute Gasteiger partial charge is 0.242 e. The fraction of sp³-hybridized carbons (Fsp3) is 0.300. The fourth-order valence-corrected chi connectivity index (χ4v) is 3.37. The van der Waals surface area contributed by atoms with E-state index in [-0.39, 0.29) is 17.6 Å². The average Bonchev–Trinajstić information content (AvgIpc) is 2.66. The molecular formula is C20H23ClN2O2S. The molecule has 2 rings (SSSR count). The molecule has 0 aliphatic carbocycles. The maximum Gasteiger partial charge on any atom is 0.242 e. The number of carbonyl (C=O) groups excluding carboxylic acids is 2. The van der Waals surface area contributed by atoms with Gasteiger partial charge in [0.05, 0.1) is 5.75 Å². The minimum atomic E-state index is -0.547. The third kappa shape index (κ3) is 6.07. The summed E-state index contributed by atoms with van der Waals surface area (Å²) in [6.07, 6.45) is 0. The molecular weight excluding hydrogens is 368 g/mol. The Labute approximate surface area is 163 Å². The Bertz CT molecular complexity index is 722. The largest absolute Gasteiger partial charge is 0.355 e. The van der Waals surface area contributed by atoms with Crippen LogP contribution in [-0.4, -0.2) is 35.1 Å². The van der Waals surface area contributed by atoms with Crippen LogP contribution in [-0.2, 0) is 16.1 Å². The number of benzene rings is 2. The minimum Gasteiger partial charge on any atom is -0.355 e. The predicted molar refractivity (Wildman–Crippen MR) is 107 cm³/mol. The van der Waals surface area contributed by atoms with Crippen molar-refractivity contribution in [2.75, 3.05) is 12.3 Å². The van der Waals surface area contributed by atoms with Gasteiger partial charge in [-0.2, -0.15) is 0 Å². The number of rotatable bonds is 8. The van der Waals surface area contributed by atoms with Gasteiger partial charge in [-0.15, -0.1) is 11.8 Å². The van der Waals surface area contributed by atoms with E-state index in [2.05, 4.69) is 5.32 Å². The molecule has 0 saturated heterocycles. The summed E-state index contributed by atoms with van der Waals surface area (Å²) in [4.78, 5) is 27.8. The molecule has 0 heterocycles. The summed E-state index contributed by atoms with van der Waals surface area (Å²) in [6, 6.07) is 16.5. The van der Waals surface area contributed by atoms with Gasteiger partial charge in [0.15, 0.2) is 0 Å². The zero-order valence-electron chi connectivity index (χ0n) is 14.9. The predicted octanol–water partition coefficient (Wildman–Crippen LogP) is 3.99. The van der Waals surface area contributed by atoms with Crippen molar-refractivity contribution >= 4 is 35.2 Å². The topological polar surface area (TPSA) is 49.4 Å². The first-order valence-corrected chi connectivity index (χ1v) is 9.87. The normalized spacial score (nSPS) is 11.7. The fourth-order valence-electron chi connectivity index (χ4n) is 2.44. The number of thioether (sulfide) groups is 1. The Hall–Kier alpha value is -1.98. The van der Waals surface area contributed by atoms with E-state index >= 15 is 0 Å². The Morgan fingerprint density at radius 3 is 2.38 bits per heavy atom. The molecule has 1 atom stereocenters. The lowest BCUT2D eigenvalue weighted by atomic mass is 10.1. The highest BCUT2D eigenvalue weighted by molar-refractivity contribution is 8.00. The van der Waals surface area contributed by atoms with Crippen molar-refractivity contribution in [3.63, 3.8) is 0 Å². The standard InChI is InChI=1S/C20H23ClN2O2S/c1-3-22-20(25)15(2)23(13-16-9-11-17(21)12-10-16)19(24)14-26-18-7-5-4-6-8-18/h4-12,15H,3,13-14H2,1-2H3,(H,22,25). The second kappa shape index (κ2) is 10.2. The van der Waals surface area contributed by atoms with Crippen LogP contribution in [0, 0.1) is 0 Å². The number of nitrogens with one attached hydrogen (secondary N) is 1. The van der Waals surface area contributed by atoms with Crippen LogP contribution in [0.2, 0.25) is 5.02 Å². The lowest BCUT2D eigenvalue weighted by Gasteiger charge is -2.28. The van der Waals surface area contributed by atoms with Crippen LogP contribution in [0.3, 0.4) is 0 Å². The van der Waals surface area contributed by atoms with Crippen LogP contribution in [0.15, 0.2) is 59.5 Å². The number of amides is 2. The van der Waals surface area contributed by atoms with Gasteiger partial charge in [-0.25, -0.2) is 0 Å². The number of hydrogen-bond donors (Lipinski definition) is 1. The highest BCUT2D eigenvalue weighted by atomic mass is 35.5. The van der Waals surface area contributed by atoms with Crippen LogP contribution >= 0.6 is 23.4 Å². The van der Waals surface area contributed by atoms with Gasteiger partial charge in [-0.05, 0) is 43.7 Å². The summed E-state index contributed by atoms with van der Waals surface area (Å²) in [7, 11) is 0. The quantitative estimate of drug-likeness (QED) is 0.693. The summed E-state index contributed by atoms with van der Waals surface area (Å²) in [5.74, 6) is 0.0496. The zero-order valence-corrected chi connectivity index (χ0v) is 16.5. The van der Waals surface area contributed by atoms with Crippen molar-refractivity contribution in [3.8, 4) is 0 Å². The van der Waals surface area contributed by atoms with Gasteiger partial charge in [0.25, 0.3) is 0 Å². The molecule has 2 aromatic rings. The summed E-state index contributed by atoms with van der Waals surface area (Å²) < 4.78 is 0. The Morgan fingerprint density at radius 1 is 1.12 bits per heavy atom. The molecule has 2 aromatic carbocycles. The van der Waals surface area contributed by atoms with Crippen LogP contribution < -0.4 is 5.32 Å². The molecule has 0 aliphatic rings. The summed E-state index contributed by atoms with van der Waals surface area (Å²) in [5, 5.41) is 3.43. The first-order valence-electron chi connectivity index (χ1n) is 8.50. The molecule has 0 aromatic heterocycles. The molecule has 2 amide bonds. The first kappa shape index (κ1) is 20.3. The van der Waals surface area contributed by atoms with Crippen molar-refractivity contribution in [1.82, 2.24) is 10.2 Å². The highest BCUT2D eigenvalue weighted by Gasteiger charge is 2.25. The second-order valence-corrected chi connectivity index (χ2v) is 7.31. The molecule has 4 nitrogen and oxygen atoms in total. The van der Waals surface area contributed by atoms with E-state index in [1.165, 1.54) is 11.8 Å². The molecule has 0 saturated carbocycles. The van der Waals surface area contributed by atoms with Gasteiger partial charge in [-0.1, -0.05) is 41.9 Å². The number of likely N-dealkylation sites (N-methyl/N-ethyl adjacent to an activating group) is 1. The maximum absolute atomic E-state index is 12.8. The number of hydrogen-bond acceptors (Lipinski definition) is 3. The molecule has 0 aliphatic heterocycles. The van der Waals surface area contributed by atoms with E-state index in [4.69, 9.17) is 11.6 Å². The summed E-state index contributed by atoms with van der Waals surface area (Å²) in [6.45, 7) is 4.52. The van der Waals surface area contributed by atoms with Crippen LogP contribution in [0.25, 0.3) is 0 Å². The molecule has 1 N–H and O–H groups in total. The van der Waals surface area contributed by atoms with E-state index in [1.54, 1.807) is 24.0 Å². The number of nitrogens with zero attached hydrogens (tertiary/aromatic N) is 1. The lowest BCUT2D eigenvalue weighted by Crippen LogP contribution is -2.48. The van der Waals surface area contributed by atoms with Crippen LogP contribution in [0.4, 0.5) is 0 Å². The molecule has 1 unspecified atom stereocenters. The van der Waals surface area contributed by atoms with E-state index in [1.807, 2.05) is 49.4 Å². The molecule has 0 spiro atoms. The zero-order chi connectivity index (χ0) is 18.9. The summed E-state index contributed by atoms with van der Waals surface area (Å²) in [5.41, 5.74) is 0.934. The molecule has 0 bridgehead atoms. The van der Waals surface area contributed by atoms with Crippen molar-refractivity contribution in [2.24, 2.45) is 0 Å². The maximum atomic E-state index is 12.8. The Balaban J connectivity index is 2.11. The Kier molecular flexibility index (Phi) is 8.01. The van der Waals surface area contributed by atoms with Crippen molar-refractivity contribution in [3.05, 3.63) is 65.2 Å². The van der Waals surface area contributed by atoms with Gasteiger partial charge in [-0.3, -0.25) is 9.59 Å². The highest BCUT2D eigenvalue weighted by Crippen LogP contribution is 2.20. The number of halogens is 1. The lowest BCUT2D eigenvalue weighted by molar-refractivity contribution is -0.138. The van der Waals surface area contributed by atoms with Gasteiger partial charge < -0.3 is 10.2 Å². The van der Waals surface area contributed by atoms with Gasteiger partial charge in [0, 0.05) is 23.0 Å². The summed E-state index contributed by atoms with van der Waals surface area (Å²) >= 11 is 7.40. The second-order valence-electron chi connectivity index (χ2n) is 5.82. The van der Waals surface area contributed by atoms with Crippen LogP contribution in [0.5, 0.6) is 0 Å². The molecule has 6 heteroatoms. The van der Waals surface area contributed by atoms with Gasteiger partial charge in [0.1, 0.15) is 6.04 Å². The van der Waals surface area contributed by atoms with Gasteiger partial charge >= 0.3 is 0 Å². The van der Waals surface area contributed by atoms with E-state index in [0.717, 1.165) is 10.5 Å². The SMILES string of the molecule is CCNC(=O)C(C)N(Cc1ccc(Cl)cc1)C(=O)CSc1ccccc1. The third-order valence-corrected chi connectivity index (χ3v) is 5.14. The van der Waals surface area contributed by atoms with Crippen molar-refractivity contribution in [2.45, 2.75) is 31.3 Å². The van der Waals surface area contributed by atoms with Crippen LogP contribution in [0.1, 0.15) is 19.4 Å². The molecule has 0 fully saturated rings. The van der Waals surface area contributed by atoms with E-state index in [9.17, 15) is 9.59 Å². The molecule has 138 valence electrons. The minimum absolute atomic E-state index is 0.0763. The van der Waals surface area contributed by atoms with E-state index < -0.39 is 6.04 Å². The van der Waals surface area contributed by atoms with Crippen molar-refractivity contribution < 1.29 is 9.59 Å². The molecule has 0 radical (unpaired) electrons. The monoisotopic (exact) mass is 390 g/mol. The average molecular weight is 391 g/mol. The number of carbonyl (C=O) groups is 2. The van der Waals surface area contributed by atoms with E-state index in [0.29, 0.717) is 18.1 Å².